The number of amides is 1. The highest BCUT2D eigenvalue weighted by atomic mass is 35.5. The van der Waals surface area contributed by atoms with Gasteiger partial charge in [-0.25, -0.2) is 4.79 Å². The second kappa shape index (κ2) is 14.5. The summed E-state index contributed by atoms with van der Waals surface area (Å²) in [5.74, 6) is -0.114. The number of nitrogens with zero attached hydrogens (tertiary/aromatic N) is 1. The highest BCUT2D eigenvalue weighted by Crippen LogP contribution is 2.41. The van der Waals surface area contributed by atoms with Gasteiger partial charge in [0.15, 0.2) is 6.10 Å². The van der Waals surface area contributed by atoms with Crippen molar-refractivity contribution < 1.29 is 28.4 Å². The molecule has 2 aliphatic heterocycles. The van der Waals surface area contributed by atoms with E-state index in [1.54, 1.807) is 47.4 Å². The molecule has 2 heterocycles. The van der Waals surface area contributed by atoms with Crippen LogP contribution in [-0.2, 0) is 25.6 Å². The van der Waals surface area contributed by atoms with Crippen molar-refractivity contribution in [2.24, 2.45) is 5.92 Å². The Labute approximate surface area is 261 Å². The van der Waals surface area contributed by atoms with Gasteiger partial charge in [-0.2, -0.15) is 0 Å². The van der Waals surface area contributed by atoms with Gasteiger partial charge in [-0.3, -0.25) is 4.79 Å². The minimum atomic E-state index is -1.39. The quantitative estimate of drug-likeness (QED) is 0.197. The van der Waals surface area contributed by atoms with E-state index in [0.717, 1.165) is 5.56 Å². The second-order valence-corrected chi connectivity index (χ2v) is 14.2. The highest BCUT2D eigenvalue weighted by Gasteiger charge is 2.42. The third-order valence-corrected chi connectivity index (χ3v) is 9.71. The van der Waals surface area contributed by atoms with Crippen LogP contribution in [0.3, 0.4) is 0 Å². The molecule has 0 spiro atoms. The molecule has 0 aliphatic carbocycles. The molecule has 1 N–H and O–H groups in total. The number of likely N-dealkylation sites (tertiary alicyclic amines) is 1. The first kappa shape index (κ1) is 32.6. The Balaban J connectivity index is 1.48. The van der Waals surface area contributed by atoms with Gasteiger partial charge in [0, 0.05) is 42.5 Å². The number of nitrogens with one attached hydrogen (secondary N) is 1. The van der Waals surface area contributed by atoms with Crippen LogP contribution < -0.4 is 9.46 Å². The fraction of sp³-hybridized carbons (Fsp3) is 0.484. The fourth-order valence-electron chi connectivity index (χ4n) is 5.10. The van der Waals surface area contributed by atoms with Crippen LogP contribution in [-0.4, -0.2) is 64.6 Å². The standard InChI is InChI=1S/C31H38Cl2N2O6S/c1-5-16-39-26-19-24(33)23(32)18-22(26)27(34-42(38)31(2,3)4)20-11-14-35(15-12-20)29(36)28-25(13-17-40-28)41-30(37)21-9-7-6-8-10-21/h5-10,18-20,25,27-28,34H,1,11-17H2,2-4H3/t25-,27+,28+,42?/m0/s1. The van der Waals surface area contributed by atoms with Crippen LogP contribution in [0.25, 0.3) is 0 Å². The van der Waals surface area contributed by atoms with Crippen LogP contribution in [0.2, 0.25) is 10.0 Å². The van der Waals surface area contributed by atoms with Crippen molar-refractivity contribution in [2.75, 3.05) is 26.3 Å². The third-order valence-electron chi connectivity index (χ3n) is 7.41. The maximum Gasteiger partial charge on any atom is 0.338 e. The Hall–Kier alpha value is -2.27. The van der Waals surface area contributed by atoms with E-state index >= 15 is 0 Å². The summed E-state index contributed by atoms with van der Waals surface area (Å²) in [4.78, 5) is 27.9. The lowest BCUT2D eigenvalue weighted by Gasteiger charge is -2.39. The van der Waals surface area contributed by atoms with Crippen LogP contribution in [0.1, 0.15) is 62.0 Å². The van der Waals surface area contributed by atoms with E-state index in [1.807, 2.05) is 26.8 Å². The van der Waals surface area contributed by atoms with E-state index in [1.165, 1.54) is 0 Å². The lowest BCUT2D eigenvalue weighted by molar-refractivity contribution is -0.146. The lowest BCUT2D eigenvalue weighted by atomic mass is 9.85. The molecular formula is C31H38Cl2N2O6S. The molecule has 0 radical (unpaired) electrons. The van der Waals surface area contributed by atoms with Crippen molar-refractivity contribution in [1.29, 1.82) is 0 Å². The monoisotopic (exact) mass is 636 g/mol. The number of hydrogen-bond donors (Lipinski definition) is 1. The number of hydrogen-bond acceptors (Lipinski definition) is 7. The zero-order valence-electron chi connectivity index (χ0n) is 24.1. The number of rotatable bonds is 10. The molecule has 2 aromatic carbocycles. The van der Waals surface area contributed by atoms with Gasteiger partial charge in [0.1, 0.15) is 23.2 Å². The summed E-state index contributed by atoms with van der Waals surface area (Å²) in [5, 5.41) is 0.725. The van der Waals surface area contributed by atoms with E-state index in [-0.39, 0.29) is 24.5 Å². The van der Waals surface area contributed by atoms with Crippen molar-refractivity contribution in [3.05, 3.63) is 76.3 Å². The number of carbonyl (C=O) groups excluding carboxylic acids is 2. The Morgan fingerprint density at radius 2 is 1.83 bits per heavy atom. The zero-order chi connectivity index (χ0) is 30.4. The Morgan fingerprint density at radius 3 is 2.48 bits per heavy atom. The number of ether oxygens (including phenoxy) is 3. The molecule has 0 saturated carbocycles. The SMILES string of the molecule is C=CCOc1cc(Cl)c(Cl)cc1[C@H](N[S+]([O-])C(C)(C)C)C1CCN(C(=O)[C@@H]2OCC[C@@H]2OC(=O)c2ccccc2)CC1. The van der Waals surface area contributed by atoms with E-state index in [9.17, 15) is 14.1 Å². The van der Waals surface area contributed by atoms with Crippen molar-refractivity contribution in [3.8, 4) is 5.75 Å². The molecule has 4 rings (SSSR count). The summed E-state index contributed by atoms with van der Waals surface area (Å²) in [6.07, 6.45) is 1.88. The number of esters is 1. The third kappa shape index (κ3) is 8.01. The molecule has 4 atom stereocenters. The average molecular weight is 638 g/mol. The second-order valence-electron chi connectivity index (χ2n) is 11.4. The molecule has 0 bridgehead atoms. The van der Waals surface area contributed by atoms with E-state index in [4.69, 9.17) is 37.4 Å². The Kier molecular flexibility index (Phi) is 11.2. The van der Waals surface area contributed by atoms with Crippen molar-refractivity contribution in [3.63, 3.8) is 0 Å². The van der Waals surface area contributed by atoms with E-state index < -0.39 is 34.3 Å². The first-order chi connectivity index (χ1) is 20.0. The predicted octanol–water partition coefficient (Wildman–Crippen LogP) is 5.90. The summed E-state index contributed by atoms with van der Waals surface area (Å²) in [7, 11) is 0. The maximum absolute atomic E-state index is 13.5. The van der Waals surface area contributed by atoms with Gasteiger partial charge in [-0.1, -0.05) is 54.1 Å². The summed E-state index contributed by atoms with van der Waals surface area (Å²) < 4.78 is 33.5. The Bertz CT molecular complexity index is 1250. The van der Waals surface area contributed by atoms with E-state index in [2.05, 4.69) is 11.3 Å². The number of carbonyl (C=O) groups is 2. The highest BCUT2D eigenvalue weighted by molar-refractivity contribution is 7.90. The van der Waals surface area contributed by atoms with Crippen molar-refractivity contribution in [2.45, 2.75) is 63.0 Å². The van der Waals surface area contributed by atoms with Crippen LogP contribution >= 0.6 is 23.2 Å². The van der Waals surface area contributed by atoms with Gasteiger partial charge in [0.2, 0.25) is 0 Å². The smallest absolute Gasteiger partial charge is 0.338 e. The largest absolute Gasteiger partial charge is 0.598 e. The molecule has 0 aromatic heterocycles. The van der Waals surface area contributed by atoms with E-state index in [0.29, 0.717) is 60.3 Å². The molecule has 2 aromatic rings. The first-order valence-corrected chi connectivity index (χ1v) is 16.0. The molecule has 228 valence electrons. The number of piperidine rings is 1. The van der Waals surface area contributed by atoms with Gasteiger partial charge in [-0.05, 0) is 57.7 Å². The van der Waals surface area contributed by atoms with Crippen molar-refractivity contribution in [1.82, 2.24) is 9.62 Å². The minimum absolute atomic E-state index is 0.0138. The molecule has 2 fully saturated rings. The normalized spacial score (nSPS) is 21.0. The van der Waals surface area contributed by atoms with Crippen LogP contribution in [0.5, 0.6) is 5.75 Å². The number of halogens is 2. The molecule has 8 nitrogen and oxygen atoms in total. The molecular weight excluding hydrogens is 599 g/mol. The molecule has 42 heavy (non-hydrogen) atoms. The fourth-order valence-corrected chi connectivity index (χ4v) is 6.33. The lowest BCUT2D eigenvalue weighted by Crippen LogP contribution is -2.50. The summed E-state index contributed by atoms with van der Waals surface area (Å²) in [6, 6.07) is 11.8. The van der Waals surface area contributed by atoms with Gasteiger partial charge >= 0.3 is 5.97 Å². The molecule has 1 unspecified atom stereocenters. The Morgan fingerprint density at radius 1 is 1.17 bits per heavy atom. The first-order valence-electron chi connectivity index (χ1n) is 14.1. The number of benzene rings is 2. The maximum atomic E-state index is 13.5. The van der Waals surface area contributed by atoms with Gasteiger partial charge in [-0.15, -0.1) is 4.72 Å². The minimum Gasteiger partial charge on any atom is -0.598 e. The topological polar surface area (TPSA) is 100 Å². The van der Waals surface area contributed by atoms with Gasteiger partial charge in [0.05, 0.1) is 28.3 Å². The predicted molar refractivity (Wildman–Crippen MR) is 165 cm³/mol. The van der Waals surface area contributed by atoms with Crippen LogP contribution in [0.15, 0.2) is 55.1 Å². The van der Waals surface area contributed by atoms with Crippen LogP contribution in [0.4, 0.5) is 0 Å². The zero-order valence-corrected chi connectivity index (χ0v) is 26.5. The average Bonchev–Trinajstić information content (AvgIpc) is 3.44. The summed E-state index contributed by atoms with van der Waals surface area (Å²) in [5.41, 5.74) is 1.18. The van der Waals surface area contributed by atoms with Crippen molar-refractivity contribution >= 4 is 46.4 Å². The summed E-state index contributed by atoms with van der Waals surface area (Å²) >= 11 is 11.4. The summed E-state index contributed by atoms with van der Waals surface area (Å²) in [6.45, 7) is 11.0. The molecule has 2 aliphatic rings. The van der Waals surface area contributed by atoms with Crippen LogP contribution in [0, 0.1) is 5.92 Å². The molecule has 2 saturated heterocycles. The molecule has 1 amide bonds. The van der Waals surface area contributed by atoms with Gasteiger partial charge < -0.3 is 23.7 Å². The van der Waals surface area contributed by atoms with Gasteiger partial charge in [0.25, 0.3) is 5.91 Å². The molecule has 11 heteroatoms.